The van der Waals surface area contributed by atoms with E-state index >= 15 is 0 Å². The fourth-order valence-corrected chi connectivity index (χ4v) is 7.57. The first-order valence-corrected chi connectivity index (χ1v) is 10.4. The highest BCUT2D eigenvalue weighted by atomic mass is 16.2. The highest BCUT2D eigenvalue weighted by Crippen LogP contribution is 2.55. The van der Waals surface area contributed by atoms with Crippen LogP contribution in [0.5, 0.6) is 0 Å². The molecule has 0 radical (unpaired) electrons. The second-order valence-electron chi connectivity index (χ2n) is 11.1. The van der Waals surface area contributed by atoms with Crippen molar-refractivity contribution in [3.63, 3.8) is 0 Å². The maximum absolute atomic E-state index is 13.2. The summed E-state index contributed by atoms with van der Waals surface area (Å²) in [5, 5.41) is 3.25. The Morgan fingerprint density at radius 2 is 1.27 bits per heavy atom. The third kappa shape index (κ3) is 2.96. The Hall–Kier alpha value is -1.10. The monoisotopic (exact) mass is 361 g/mol. The lowest BCUT2D eigenvalue weighted by molar-refractivity contribution is -0.161. The number of hydrogen-bond acceptors (Lipinski definition) is 3. The van der Waals surface area contributed by atoms with Crippen molar-refractivity contribution in [2.75, 3.05) is 0 Å². The molecule has 0 atom stereocenters. The summed E-state index contributed by atoms with van der Waals surface area (Å²) in [6.07, 6.45) is 8.63. The molecule has 1 saturated heterocycles. The minimum atomic E-state index is -0.406. The average Bonchev–Trinajstić information content (AvgIpc) is 2.41. The maximum Gasteiger partial charge on any atom is 0.312 e. The standard InChI is InChI=1S/C21H35N3O2/c1-19(2)11-16(22)12-20(3,4)24(19)18(26)17(25)23-21-8-13-5-14(9-21)7-15(6-13)10-21/h13-16H,5-12,22H2,1-4H3,(H,23,25). The molecule has 146 valence electrons. The molecule has 5 heteroatoms. The normalized spacial score (nSPS) is 40.5. The van der Waals surface area contributed by atoms with Crippen LogP contribution in [0.2, 0.25) is 0 Å². The minimum absolute atomic E-state index is 0.0651. The molecule has 5 fully saturated rings. The molecule has 2 amide bonds. The molecule has 5 rings (SSSR count). The Bertz CT molecular complexity index is 571. The van der Waals surface area contributed by atoms with Crippen molar-refractivity contribution in [1.82, 2.24) is 10.2 Å². The van der Waals surface area contributed by atoms with Gasteiger partial charge in [-0.3, -0.25) is 9.59 Å². The summed E-state index contributed by atoms with van der Waals surface area (Å²) in [5.74, 6) is 1.47. The van der Waals surface area contributed by atoms with Crippen LogP contribution in [-0.2, 0) is 9.59 Å². The van der Waals surface area contributed by atoms with Crippen LogP contribution in [0.25, 0.3) is 0 Å². The van der Waals surface area contributed by atoms with E-state index in [2.05, 4.69) is 5.32 Å². The number of piperidine rings is 1. The number of nitrogens with one attached hydrogen (secondary N) is 1. The van der Waals surface area contributed by atoms with Gasteiger partial charge in [-0.05, 0) is 96.8 Å². The summed E-state index contributed by atoms with van der Waals surface area (Å²) in [6.45, 7) is 8.13. The zero-order valence-corrected chi connectivity index (χ0v) is 16.8. The molecule has 1 heterocycles. The van der Waals surface area contributed by atoms with Gasteiger partial charge in [0.15, 0.2) is 0 Å². The van der Waals surface area contributed by atoms with E-state index in [-0.39, 0.29) is 17.5 Å². The molecule has 0 aromatic rings. The van der Waals surface area contributed by atoms with Crippen molar-refractivity contribution < 1.29 is 9.59 Å². The van der Waals surface area contributed by atoms with Crippen LogP contribution in [0.1, 0.15) is 79.1 Å². The van der Waals surface area contributed by atoms with Crippen LogP contribution in [-0.4, -0.2) is 39.4 Å². The molecule has 0 aromatic heterocycles. The van der Waals surface area contributed by atoms with Crippen molar-refractivity contribution >= 4 is 11.8 Å². The summed E-state index contributed by atoms with van der Waals surface area (Å²) in [6, 6.07) is 0.0651. The number of carbonyl (C=O) groups excluding carboxylic acids is 2. The summed E-state index contributed by atoms with van der Waals surface area (Å²) in [5.41, 5.74) is 5.29. The van der Waals surface area contributed by atoms with Crippen molar-refractivity contribution in [1.29, 1.82) is 0 Å². The zero-order chi connectivity index (χ0) is 18.9. The highest BCUT2D eigenvalue weighted by Gasteiger charge is 2.54. The molecule has 4 saturated carbocycles. The fraction of sp³-hybridized carbons (Fsp3) is 0.905. The van der Waals surface area contributed by atoms with Gasteiger partial charge in [0.05, 0.1) is 0 Å². The Morgan fingerprint density at radius 3 is 1.69 bits per heavy atom. The topological polar surface area (TPSA) is 75.4 Å². The molecule has 0 aromatic carbocycles. The van der Waals surface area contributed by atoms with Crippen molar-refractivity contribution in [3.05, 3.63) is 0 Å². The predicted octanol–water partition coefficient (Wildman–Crippen LogP) is 2.58. The second-order valence-corrected chi connectivity index (χ2v) is 11.1. The lowest BCUT2D eigenvalue weighted by Gasteiger charge is -2.57. The van der Waals surface area contributed by atoms with Gasteiger partial charge in [-0.2, -0.15) is 0 Å². The Kier molecular flexibility index (Phi) is 4.00. The van der Waals surface area contributed by atoms with Crippen LogP contribution >= 0.6 is 0 Å². The molecular weight excluding hydrogens is 326 g/mol. The molecule has 1 aliphatic heterocycles. The van der Waals surface area contributed by atoms with E-state index in [9.17, 15) is 9.59 Å². The molecule has 5 nitrogen and oxygen atoms in total. The van der Waals surface area contributed by atoms with Gasteiger partial charge in [-0.15, -0.1) is 0 Å². The van der Waals surface area contributed by atoms with Crippen molar-refractivity contribution in [3.8, 4) is 0 Å². The zero-order valence-electron chi connectivity index (χ0n) is 16.8. The van der Waals surface area contributed by atoms with E-state index < -0.39 is 17.0 Å². The third-order valence-corrected chi connectivity index (χ3v) is 7.55. The van der Waals surface area contributed by atoms with E-state index in [1.165, 1.54) is 19.3 Å². The van der Waals surface area contributed by atoms with Gasteiger partial charge in [0.1, 0.15) is 0 Å². The Labute approximate surface area is 157 Å². The number of hydrogen-bond donors (Lipinski definition) is 2. The second kappa shape index (κ2) is 5.70. The van der Waals surface area contributed by atoms with Crippen LogP contribution in [0, 0.1) is 17.8 Å². The summed E-state index contributed by atoms with van der Waals surface area (Å²) < 4.78 is 0. The molecule has 0 spiro atoms. The van der Waals surface area contributed by atoms with Crippen molar-refractivity contribution in [2.24, 2.45) is 23.5 Å². The molecule has 4 aliphatic carbocycles. The number of amides is 2. The van der Waals surface area contributed by atoms with Gasteiger partial charge < -0.3 is 16.0 Å². The fourth-order valence-electron chi connectivity index (χ4n) is 7.57. The van der Waals surface area contributed by atoms with Crippen molar-refractivity contribution in [2.45, 2.75) is 102 Å². The van der Waals surface area contributed by atoms with Gasteiger partial charge in [0, 0.05) is 22.7 Å². The minimum Gasteiger partial charge on any atom is -0.342 e. The van der Waals surface area contributed by atoms with E-state index in [4.69, 9.17) is 5.73 Å². The van der Waals surface area contributed by atoms with E-state index in [0.717, 1.165) is 49.9 Å². The van der Waals surface area contributed by atoms with Crippen LogP contribution in [0.15, 0.2) is 0 Å². The van der Waals surface area contributed by atoms with E-state index in [1.807, 2.05) is 27.7 Å². The number of carbonyl (C=O) groups is 2. The first-order valence-electron chi connectivity index (χ1n) is 10.4. The molecule has 5 aliphatic rings. The SMILES string of the molecule is CC1(C)CC(N)CC(C)(C)N1C(=O)C(=O)NC12CC3CC(CC(C3)C1)C2. The van der Waals surface area contributed by atoms with Crippen LogP contribution < -0.4 is 11.1 Å². The molecule has 0 unspecified atom stereocenters. The lowest BCUT2D eigenvalue weighted by Crippen LogP contribution is -2.69. The smallest absolute Gasteiger partial charge is 0.312 e. The van der Waals surface area contributed by atoms with Gasteiger partial charge >= 0.3 is 11.8 Å². The molecular formula is C21H35N3O2. The van der Waals surface area contributed by atoms with E-state index in [0.29, 0.717) is 0 Å². The quantitative estimate of drug-likeness (QED) is 0.705. The van der Waals surface area contributed by atoms with Gasteiger partial charge in [-0.25, -0.2) is 0 Å². The maximum atomic E-state index is 13.2. The Morgan fingerprint density at radius 1 is 0.846 bits per heavy atom. The summed E-state index contributed by atoms with van der Waals surface area (Å²) in [7, 11) is 0. The molecule has 26 heavy (non-hydrogen) atoms. The highest BCUT2D eigenvalue weighted by molar-refractivity contribution is 6.35. The van der Waals surface area contributed by atoms with Gasteiger partial charge in [0.2, 0.25) is 0 Å². The predicted molar refractivity (Wildman–Crippen MR) is 101 cm³/mol. The first-order chi connectivity index (χ1) is 12.0. The Balaban J connectivity index is 1.52. The number of nitrogens with zero attached hydrogens (tertiary/aromatic N) is 1. The number of likely N-dealkylation sites (tertiary alicyclic amines) is 1. The molecule has 3 N–H and O–H groups in total. The van der Waals surface area contributed by atoms with Crippen LogP contribution in [0.3, 0.4) is 0 Å². The average molecular weight is 362 g/mol. The van der Waals surface area contributed by atoms with E-state index in [1.54, 1.807) is 4.90 Å². The third-order valence-electron chi connectivity index (χ3n) is 7.55. The van der Waals surface area contributed by atoms with Crippen LogP contribution in [0.4, 0.5) is 0 Å². The van der Waals surface area contributed by atoms with Gasteiger partial charge in [-0.1, -0.05) is 0 Å². The van der Waals surface area contributed by atoms with Gasteiger partial charge in [0.25, 0.3) is 0 Å². The number of nitrogens with two attached hydrogens (primary N) is 1. The lowest BCUT2D eigenvalue weighted by atomic mass is 9.53. The number of rotatable bonds is 1. The summed E-state index contributed by atoms with van der Waals surface area (Å²) in [4.78, 5) is 28.1. The largest absolute Gasteiger partial charge is 0.342 e. The summed E-state index contributed by atoms with van der Waals surface area (Å²) >= 11 is 0. The molecule has 4 bridgehead atoms. The first kappa shape index (κ1) is 18.3.